The number of fused-ring (bicyclic) bond motifs is 1. The molecule has 4 nitrogen and oxygen atoms in total. The van der Waals surface area contributed by atoms with Crippen LogP contribution < -0.4 is 5.73 Å². The summed E-state index contributed by atoms with van der Waals surface area (Å²) in [6.45, 7) is 2.09. The summed E-state index contributed by atoms with van der Waals surface area (Å²) >= 11 is 3.43. The zero-order valence-corrected chi connectivity index (χ0v) is 11.6. The Kier molecular flexibility index (Phi) is 3.73. The second-order valence-electron chi connectivity index (χ2n) is 4.30. The number of carboxylic acids is 1. The molecule has 1 aromatic heterocycles. The fourth-order valence-electron chi connectivity index (χ4n) is 1.99. The summed E-state index contributed by atoms with van der Waals surface area (Å²) in [4.78, 5) is 14.0. The second kappa shape index (κ2) is 5.12. The Labute approximate surface area is 113 Å². The molecule has 0 bridgehead atoms. The quantitative estimate of drug-likeness (QED) is 0.811. The van der Waals surface area contributed by atoms with E-state index in [4.69, 9.17) is 10.8 Å². The highest BCUT2D eigenvalue weighted by atomic mass is 79.9. The van der Waals surface area contributed by atoms with Gasteiger partial charge in [0.25, 0.3) is 0 Å². The average Bonchev–Trinajstić information content (AvgIpc) is 2.65. The molecule has 0 fully saturated rings. The number of aryl methyl sites for hydroxylation is 1. The molecule has 0 radical (unpaired) electrons. The minimum absolute atomic E-state index is 0.309. The van der Waals surface area contributed by atoms with Crippen LogP contribution in [0.25, 0.3) is 10.9 Å². The van der Waals surface area contributed by atoms with Gasteiger partial charge in [0, 0.05) is 17.3 Å². The van der Waals surface area contributed by atoms with Crippen LogP contribution in [0, 0.1) is 0 Å². The lowest BCUT2D eigenvalue weighted by Crippen LogP contribution is -2.32. The largest absolute Gasteiger partial charge is 0.480 e. The van der Waals surface area contributed by atoms with Crippen LogP contribution in [0.3, 0.4) is 0 Å². The Balaban J connectivity index is 2.48. The van der Waals surface area contributed by atoms with E-state index in [-0.39, 0.29) is 0 Å². The predicted octanol–water partition coefficient (Wildman–Crippen LogP) is 2.45. The number of H-pyrrole nitrogens is 1. The molecule has 2 aromatic rings. The Bertz CT molecular complexity index is 592. The first-order chi connectivity index (χ1) is 8.52. The smallest absolute Gasteiger partial charge is 0.320 e. The van der Waals surface area contributed by atoms with Gasteiger partial charge in [-0.1, -0.05) is 13.0 Å². The fraction of sp³-hybridized carbons (Fsp3) is 0.308. The highest BCUT2D eigenvalue weighted by Gasteiger charge is 2.17. The number of aliphatic carboxylic acids is 1. The molecule has 1 aromatic carbocycles. The van der Waals surface area contributed by atoms with E-state index in [1.807, 2.05) is 6.07 Å². The molecule has 1 unspecified atom stereocenters. The Morgan fingerprint density at radius 3 is 2.89 bits per heavy atom. The first-order valence-electron chi connectivity index (χ1n) is 5.80. The molecule has 0 amide bonds. The van der Waals surface area contributed by atoms with Crippen LogP contribution in [-0.2, 0) is 17.6 Å². The second-order valence-corrected chi connectivity index (χ2v) is 5.09. The van der Waals surface area contributed by atoms with Gasteiger partial charge in [0.1, 0.15) is 6.04 Å². The molecule has 0 aliphatic rings. The number of hydrogen-bond acceptors (Lipinski definition) is 2. The molecule has 96 valence electrons. The fourth-order valence-corrected chi connectivity index (χ4v) is 2.58. The van der Waals surface area contributed by atoms with Crippen LogP contribution in [0.15, 0.2) is 22.8 Å². The number of nitrogens with two attached hydrogens (primary N) is 1. The summed E-state index contributed by atoms with van der Waals surface area (Å²) in [5.74, 6) is -0.983. The SMILES string of the molecule is CCc1ccc2[nH]c(Br)c(CC(N)C(=O)O)c2c1. The van der Waals surface area contributed by atoms with E-state index >= 15 is 0 Å². The lowest BCUT2D eigenvalue weighted by atomic mass is 10.0. The van der Waals surface area contributed by atoms with Crippen molar-refractivity contribution in [3.8, 4) is 0 Å². The number of aromatic nitrogens is 1. The molecule has 5 heteroatoms. The lowest BCUT2D eigenvalue weighted by molar-refractivity contribution is -0.138. The van der Waals surface area contributed by atoms with E-state index < -0.39 is 12.0 Å². The van der Waals surface area contributed by atoms with E-state index in [2.05, 4.69) is 40.0 Å². The van der Waals surface area contributed by atoms with Crippen molar-refractivity contribution in [2.45, 2.75) is 25.8 Å². The molecule has 1 atom stereocenters. The first-order valence-corrected chi connectivity index (χ1v) is 6.59. The van der Waals surface area contributed by atoms with Crippen LogP contribution in [0.4, 0.5) is 0 Å². The topological polar surface area (TPSA) is 79.1 Å². The van der Waals surface area contributed by atoms with Gasteiger partial charge in [-0.05, 0) is 45.6 Å². The molecule has 18 heavy (non-hydrogen) atoms. The lowest BCUT2D eigenvalue weighted by Gasteiger charge is -2.06. The zero-order chi connectivity index (χ0) is 13.3. The van der Waals surface area contributed by atoms with Crippen LogP contribution >= 0.6 is 15.9 Å². The number of carbonyl (C=O) groups is 1. The van der Waals surface area contributed by atoms with Crippen LogP contribution in [0.5, 0.6) is 0 Å². The highest BCUT2D eigenvalue weighted by Crippen LogP contribution is 2.28. The summed E-state index contributed by atoms with van der Waals surface area (Å²) in [5.41, 5.74) is 8.74. The molecule has 0 aliphatic heterocycles. The molecule has 4 N–H and O–H groups in total. The van der Waals surface area contributed by atoms with Gasteiger partial charge < -0.3 is 15.8 Å². The monoisotopic (exact) mass is 310 g/mol. The number of rotatable bonds is 4. The van der Waals surface area contributed by atoms with Gasteiger partial charge in [-0.25, -0.2) is 0 Å². The Morgan fingerprint density at radius 1 is 1.56 bits per heavy atom. The van der Waals surface area contributed by atoms with Crippen molar-refractivity contribution in [3.05, 3.63) is 33.9 Å². The van der Waals surface area contributed by atoms with Crippen molar-refractivity contribution in [1.82, 2.24) is 4.98 Å². The average molecular weight is 311 g/mol. The molecular formula is C13H15BrN2O2. The summed E-state index contributed by atoms with van der Waals surface area (Å²) in [7, 11) is 0. The van der Waals surface area contributed by atoms with Gasteiger partial charge >= 0.3 is 5.97 Å². The van der Waals surface area contributed by atoms with E-state index in [1.165, 1.54) is 5.56 Å². The number of nitrogens with one attached hydrogen (secondary N) is 1. The van der Waals surface area contributed by atoms with Crippen molar-refractivity contribution in [1.29, 1.82) is 0 Å². The summed E-state index contributed by atoms with van der Waals surface area (Å²) in [6.07, 6.45) is 1.26. The molecule has 0 spiro atoms. The first kappa shape index (κ1) is 13.1. The number of benzene rings is 1. The zero-order valence-electron chi connectivity index (χ0n) is 10.0. The summed E-state index contributed by atoms with van der Waals surface area (Å²) in [6, 6.07) is 5.27. The van der Waals surface area contributed by atoms with Crippen molar-refractivity contribution in [2.75, 3.05) is 0 Å². The maximum Gasteiger partial charge on any atom is 0.320 e. The molecule has 0 saturated carbocycles. The van der Waals surface area contributed by atoms with Gasteiger partial charge in [0.05, 0.1) is 4.60 Å². The van der Waals surface area contributed by atoms with Gasteiger partial charge in [-0.2, -0.15) is 0 Å². The van der Waals surface area contributed by atoms with Crippen LogP contribution in [-0.4, -0.2) is 22.1 Å². The summed E-state index contributed by atoms with van der Waals surface area (Å²) in [5, 5.41) is 9.93. The molecular weight excluding hydrogens is 296 g/mol. The molecule has 1 heterocycles. The minimum Gasteiger partial charge on any atom is -0.480 e. The third-order valence-corrected chi connectivity index (χ3v) is 3.74. The number of aromatic amines is 1. The Hall–Kier alpha value is -1.33. The van der Waals surface area contributed by atoms with E-state index in [0.717, 1.165) is 27.5 Å². The molecule has 0 saturated heterocycles. The maximum atomic E-state index is 10.8. The van der Waals surface area contributed by atoms with Gasteiger partial charge in [-0.3, -0.25) is 4.79 Å². The van der Waals surface area contributed by atoms with Gasteiger partial charge in [0.2, 0.25) is 0 Å². The van der Waals surface area contributed by atoms with Crippen molar-refractivity contribution in [2.24, 2.45) is 5.73 Å². The highest BCUT2D eigenvalue weighted by molar-refractivity contribution is 9.10. The van der Waals surface area contributed by atoms with Crippen molar-refractivity contribution < 1.29 is 9.90 Å². The molecule has 0 aliphatic carbocycles. The third-order valence-electron chi connectivity index (χ3n) is 3.07. The van der Waals surface area contributed by atoms with Crippen molar-refractivity contribution >= 4 is 32.8 Å². The number of hydrogen-bond donors (Lipinski definition) is 3. The van der Waals surface area contributed by atoms with E-state index in [0.29, 0.717) is 6.42 Å². The van der Waals surface area contributed by atoms with Gasteiger partial charge in [0.15, 0.2) is 0 Å². The Morgan fingerprint density at radius 2 is 2.28 bits per heavy atom. The van der Waals surface area contributed by atoms with Crippen LogP contribution in [0.2, 0.25) is 0 Å². The minimum atomic E-state index is -0.983. The van der Waals surface area contributed by atoms with Gasteiger partial charge in [-0.15, -0.1) is 0 Å². The molecule has 2 rings (SSSR count). The van der Waals surface area contributed by atoms with Crippen LogP contribution in [0.1, 0.15) is 18.1 Å². The summed E-state index contributed by atoms with van der Waals surface area (Å²) < 4.78 is 0.808. The number of halogens is 1. The normalized spacial score (nSPS) is 12.8. The predicted molar refractivity (Wildman–Crippen MR) is 74.7 cm³/mol. The van der Waals surface area contributed by atoms with E-state index in [9.17, 15) is 4.79 Å². The maximum absolute atomic E-state index is 10.8. The third kappa shape index (κ3) is 2.42. The van der Waals surface area contributed by atoms with E-state index in [1.54, 1.807) is 0 Å². The van der Waals surface area contributed by atoms with Crippen molar-refractivity contribution in [3.63, 3.8) is 0 Å². The number of carboxylic acid groups (broad SMARTS) is 1. The standard InChI is InChI=1S/C13H15BrN2O2/c1-2-7-3-4-11-8(5-7)9(12(14)16-11)6-10(15)13(17)18/h3-5,10,16H,2,6,15H2,1H3,(H,17,18).